The van der Waals surface area contributed by atoms with Gasteiger partial charge in [-0.05, 0) is 54.8 Å². The molecule has 2 aromatic heterocycles. The molecular formula is C20H18N2O4. The third kappa shape index (κ3) is 3.24. The topological polar surface area (TPSA) is 79.3 Å². The molecule has 0 saturated carbocycles. The van der Waals surface area contributed by atoms with Gasteiger partial charge in [-0.2, -0.15) is 4.98 Å². The number of oxazole rings is 1. The highest BCUT2D eigenvalue weighted by Gasteiger charge is 2.26. The summed E-state index contributed by atoms with van der Waals surface area (Å²) in [7, 11) is 0. The van der Waals surface area contributed by atoms with Crippen LogP contribution in [0.5, 0.6) is 0 Å². The Balaban J connectivity index is 1.37. The highest BCUT2D eigenvalue weighted by molar-refractivity contribution is 5.93. The van der Waals surface area contributed by atoms with Crippen molar-refractivity contribution < 1.29 is 13.6 Å². The molecule has 1 unspecified atom stereocenters. The molecule has 0 fully saturated rings. The zero-order chi connectivity index (χ0) is 18.0. The Hall–Kier alpha value is -2.96. The quantitative estimate of drug-likeness (QED) is 0.365. The summed E-state index contributed by atoms with van der Waals surface area (Å²) >= 11 is 0. The van der Waals surface area contributed by atoms with Crippen LogP contribution in [0.3, 0.4) is 0 Å². The number of para-hydroxylation sites is 2. The second-order valence-electron chi connectivity index (χ2n) is 6.29. The highest BCUT2D eigenvalue weighted by Crippen LogP contribution is 2.30. The number of carbonyl (C=O) groups excluding carboxylic acids is 1. The van der Waals surface area contributed by atoms with Crippen LogP contribution in [0, 0.1) is 5.21 Å². The van der Waals surface area contributed by atoms with E-state index in [4.69, 9.17) is 8.83 Å². The minimum absolute atomic E-state index is 0.00387. The summed E-state index contributed by atoms with van der Waals surface area (Å²) in [6, 6.07) is 10.8. The Labute approximate surface area is 150 Å². The number of quaternary nitrogens is 1. The van der Waals surface area contributed by atoms with Gasteiger partial charge in [-0.1, -0.05) is 12.1 Å². The van der Waals surface area contributed by atoms with E-state index in [9.17, 15) is 10.0 Å². The molecule has 6 nitrogen and oxygen atoms in total. The summed E-state index contributed by atoms with van der Waals surface area (Å²) in [6.45, 7) is 0.227. The minimum atomic E-state index is -0.747. The van der Waals surface area contributed by atoms with E-state index in [1.807, 2.05) is 24.3 Å². The second kappa shape index (κ2) is 6.74. The van der Waals surface area contributed by atoms with Crippen molar-refractivity contribution >= 4 is 22.9 Å². The van der Waals surface area contributed by atoms with Crippen LogP contribution < -0.4 is 4.65 Å². The molecule has 0 aliphatic carbocycles. The summed E-state index contributed by atoms with van der Waals surface area (Å²) in [5.74, 6) is 0.389. The molecule has 0 amide bonds. The number of allylic oxidation sites excluding steroid dienone is 2. The van der Waals surface area contributed by atoms with E-state index in [1.54, 1.807) is 30.5 Å². The molecule has 3 heterocycles. The Kier molecular flexibility index (Phi) is 4.28. The second-order valence-corrected chi connectivity index (χ2v) is 6.29. The summed E-state index contributed by atoms with van der Waals surface area (Å²) in [5, 5.41) is 13.0. The van der Waals surface area contributed by atoms with Crippen molar-refractivity contribution in [1.82, 2.24) is 9.63 Å². The fourth-order valence-electron chi connectivity index (χ4n) is 2.96. The van der Waals surface area contributed by atoms with Crippen LogP contribution in [0.15, 0.2) is 75.4 Å². The van der Waals surface area contributed by atoms with Gasteiger partial charge in [-0.25, -0.2) is 4.65 Å². The van der Waals surface area contributed by atoms with Gasteiger partial charge in [0.25, 0.3) is 0 Å². The maximum atomic E-state index is 13.0. The van der Waals surface area contributed by atoms with Crippen LogP contribution in [0.2, 0.25) is 0 Å². The molecule has 0 spiro atoms. The van der Waals surface area contributed by atoms with Gasteiger partial charge in [-0.3, -0.25) is 4.79 Å². The van der Waals surface area contributed by atoms with Gasteiger partial charge in [0, 0.05) is 6.42 Å². The summed E-state index contributed by atoms with van der Waals surface area (Å²) < 4.78 is 9.97. The number of hydroxylamine groups is 2. The third-order valence-electron chi connectivity index (χ3n) is 4.43. The first kappa shape index (κ1) is 16.5. The lowest BCUT2D eigenvalue weighted by Crippen LogP contribution is -2.39. The maximum absolute atomic E-state index is 13.0. The van der Waals surface area contributed by atoms with E-state index in [0.29, 0.717) is 29.7 Å². The summed E-state index contributed by atoms with van der Waals surface area (Å²) in [6.07, 6.45) is 8.59. The molecule has 1 aliphatic heterocycles. The number of ketones is 1. The number of fused-ring (bicyclic) bond motifs is 1. The average molecular weight is 350 g/mol. The molecule has 4 rings (SSSR count). The fraction of sp³-hybridized carbons (Fsp3) is 0.200. The number of Topliss-reactive ketones (excluding diaryl/α,β-unsaturated/α-hetero) is 1. The summed E-state index contributed by atoms with van der Waals surface area (Å²) in [4.78, 5) is 16.2. The molecule has 0 bridgehead atoms. The first-order chi connectivity index (χ1) is 12.6. The number of nitrogens with zero attached hydrogens (tertiary/aromatic N) is 2. The Bertz CT molecular complexity index is 951. The number of furan rings is 1. The lowest BCUT2D eigenvalue weighted by atomic mass is 10.0. The van der Waals surface area contributed by atoms with Gasteiger partial charge in [0.05, 0.1) is 6.26 Å². The molecule has 132 valence electrons. The average Bonchev–Trinajstić information content (AvgIpc) is 3.33. The molecule has 0 N–H and O–H groups in total. The number of hydrogen-bond donors (Lipinski definition) is 0. The normalized spacial score (nSPS) is 19.7. The third-order valence-corrected chi connectivity index (χ3v) is 4.43. The van der Waals surface area contributed by atoms with Crippen molar-refractivity contribution in [2.75, 3.05) is 6.54 Å². The van der Waals surface area contributed by atoms with E-state index in [2.05, 4.69) is 4.98 Å². The molecule has 6 heteroatoms. The van der Waals surface area contributed by atoms with Gasteiger partial charge < -0.3 is 14.0 Å². The number of benzene rings is 1. The SMILES string of the molecule is O=C(CCCC1=CC[N+]([O-])(c2nc3ccccc3o2)C=C1)c1ccco1. The van der Waals surface area contributed by atoms with Crippen molar-refractivity contribution in [2.24, 2.45) is 0 Å². The molecule has 0 saturated heterocycles. The van der Waals surface area contributed by atoms with Crippen LogP contribution in [0.1, 0.15) is 29.8 Å². The monoisotopic (exact) mass is 350 g/mol. The van der Waals surface area contributed by atoms with Gasteiger partial charge >= 0.3 is 6.01 Å². The fourth-order valence-corrected chi connectivity index (χ4v) is 2.96. The van der Waals surface area contributed by atoms with Crippen molar-refractivity contribution in [3.8, 4) is 0 Å². The lowest BCUT2D eigenvalue weighted by Gasteiger charge is -2.34. The smallest absolute Gasteiger partial charge is 0.410 e. The van der Waals surface area contributed by atoms with E-state index in [1.165, 1.54) is 6.26 Å². The van der Waals surface area contributed by atoms with Crippen molar-refractivity contribution in [1.29, 1.82) is 0 Å². The molecular weight excluding hydrogens is 332 g/mol. The largest absolute Gasteiger partial charge is 0.618 e. The van der Waals surface area contributed by atoms with Crippen LogP contribution in [-0.4, -0.2) is 17.3 Å². The first-order valence-corrected chi connectivity index (χ1v) is 8.54. The van der Waals surface area contributed by atoms with Gasteiger partial charge in [0.2, 0.25) is 0 Å². The maximum Gasteiger partial charge on any atom is 0.410 e. The van der Waals surface area contributed by atoms with E-state index in [-0.39, 0.29) is 18.3 Å². The Morgan fingerprint density at radius 2 is 2.12 bits per heavy atom. The van der Waals surface area contributed by atoms with Crippen LogP contribution in [0.25, 0.3) is 11.1 Å². The first-order valence-electron chi connectivity index (χ1n) is 8.54. The highest BCUT2D eigenvalue weighted by atomic mass is 16.6. The molecule has 3 aromatic rings. The number of rotatable bonds is 6. The summed E-state index contributed by atoms with van der Waals surface area (Å²) in [5.41, 5.74) is 2.32. The zero-order valence-corrected chi connectivity index (χ0v) is 14.1. The van der Waals surface area contributed by atoms with E-state index in [0.717, 1.165) is 12.0 Å². The Morgan fingerprint density at radius 3 is 2.85 bits per heavy atom. The van der Waals surface area contributed by atoms with Gasteiger partial charge in [-0.15, -0.1) is 0 Å². The zero-order valence-electron chi connectivity index (χ0n) is 14.1. The molecule has 1 atom stereocenters. The molecule has 1 aromatic carbocycles. The van der Waals surface area contributed by atoms with Crippen LogP contribution in [0.4, 0.5) is 6.01 Å². The molecule has 26 heavy (non-hydrogen) atoms. The predicted molar refractivity (Wildman–Crippen MR) is 98.1 cm³/mol. The lowest BCUT2D eigenvalue weighted by molar-refractivity contribution is 0.0953. The molecule has 0 radical (unpaired) electrons. The van der Waals surface area contributed by atoms with Crippen molar-refractivity contribution in [3.05, 3.63) is 77.6 Å². The van der Waals surface area contributed by atoms with Gasteiger partial charge in [0.1, 0.15) is 18.3 Å². The van der Waals surface area contributed by atoms with E-state index >= 15 is 0 Å². The number of aromatic nitrogens is 1. The van der Waals surface area contributed by atoms with Crippen molar-refractivity contribution in [3.63, 3.8) is 0 Å². The van der Waals surface area contributed by atoms with Crippen LogP contribution >= 0.6 is 0 Å². The minimum Gasteiger partial charge on any atom is -0.618 e. The van der Waals surface area contributed by atoms with Crippen LogP contribution in [-0.2, 0) is 0 Å². The van der Waals surface area contributed by atoms with Crippen molar-refractivity contribution in [2.45, 2.75) is 19.3 Å². The van der Waals surface area contributed by atoms with E-state index < -0.39 is 4.65 Å². The number of hydrogen-bond acceptors (Lipinski definition) is 5. The van der Waals surface area contributed by atoms with Gasteiger partial charge in [0.15, 0.2) is 17.1 Å². The number of carbonyl (C=O) groups is 1. The Morgan fingerprint density at radius 1 is 1.23 bits per heavy atom. The molecule has 1 aliphatic rings. The predicted octanol–water partition coefficient (Wildman–Crippen LogP) is 4.73. The standard InChI is InChI=1S/C20H18N2O4/c23-17(19-9-4-14-25-19)7-3-5-15-10-12-22(24,13-11-15)20-21-16-6-1-2-8-18(16)26-20/h1-2,4,6,8-12,14H,3,5,7,13H2.